The van der Waals surface area contributed by atoms with Crippen molar-refractivity contribution in [2.24, 2.45) is 5.41 Å². The minimum Gasteiger partial charge on any atom is -0.393 e. The number of pyridine rings is 1. The lowest BCUT2D eigenvalue weighted by Gasteiger charge is -2.25. The van der Waals surface area contributed by atoms with Crippen molar-refractivity contribution in [1.82, 2.24) is 14.8 Å². The molecule has 1 N–H and O–H groups in total. The second-order valence-electron chi connectivity index (χ2n) is 7.91. The first-order valence-corrected chi connectivity index (χ1v) is 9.03. The first-order valence-electron chi connectivity index (χ1n) is 8.65. The van der Waals surface area contributed by atoms with E-state index in [1.807, 2.05) is 12.6 Å². The van der Waals surface area contributed by atoms with Crippen LogP contribution in [0.15, 0.2) is 18.5 Å². The van der Waals surface area contributed by atoms with E-state index in [1.54, 1.807) is 6.20 Å². The maximum atomic E-state index is 9.67. The average molecular weight is 345 g/mol. The number of aromatic nitrogens is 3. The van der Waals surface area contributed by atoms with Crippen LogP contribution in [-0.2, 0) is 13.0 Å². The molecular weight excluding hydrogens is 322 g/mol. The monoisotopic (exact) mass is 344 g/mol. The van der Waals surface area contributed by atoms with E-state index in [4.69, 9.17) is 11.6 Å². The van der Waals surface area contributed by atoms with E-state index in [0.717, 1.165) is 49.0 Å². The van der Waals surface area contributed by atoms with Crippen molar-refractivity contribution in [2.45, 2.75) is 58.1 Å². The maximum Gasteiger partial charge on any atom is 0.0669 e. The molecule has 2 aromatic rings. The van der Waals surface area contributed by atoms with Crippen molar-refractivity contribution in [3.8, 4) is 11.1 Å². The third kappa shape index (κ3) is 2.86. The van der Waals surface area contributed by atoms with E-state index in [2.05, 4.69) is 34.7 Å². The summed E-state index contributed by atoms with van der Waals surface area (Å²) in [5.74, 6) is 0.365. The van der Waals surface area contributed by atoms with Crippen molar-refractivity contribution < 1.29 is 5.11 Å². The third-order valence-corrected chi connectivity index (χ3v) is 5.56. The Bertz CT molecular complexity index is 760. The van der Waals surface area contributed by atoms with E-state index in [-0.39, 0.29) is 11.5 Å². The van der Waals surface area contributed by atoms with Gasteiger partial charge in [0.05, 0.1) is 17.3 Å². The highest BCUT2D eigenvalue weighted by molar-refractivity contribution is 6.33. The van der Waals surface area contributed by atoms with Gasteiger partial charge in [-0.15, -0.1) is 0 Å². The summed E-state index contributed by atoms with van der Waals surface area (Å²) in [6, 6.07) is 2.13. The molecule has 127 valence electrons. The molecule has 1 aliphatic carbocycles. The molecule has 4 nitrogen and oxygen atoms in total. The molecule has 5 heteroatoms. The van der Waals surface area contributed by atoms with Crippen LogP contribution in [0.25, 0.3) is 11.1 Å². The number of rotatable bonds is 2. The fourth-order valence-corrected chi connectivity index (χ4v) is 4.16. The largest absolute Gasteiger partial charge is 0.393 e. The lowest BCUT2D eigenvalue weighted by molar-refractivity contribution is 0.167. The van der Waals surface area contributed by atoms with Gasteiger partial charge in [-0.25, -0.2) is 0 Å². The summed E-state index contributed by atoms with van der Waals surface area (Å²) in [5.41, 5.74) is 4.75. The molecule has 0 unspecified atom stereocenters. The van der Waals surface area contributed by atoms with Crippen LogP contribution in [0.4, 0.5) is 0 Å². The molecule has 1 aliphatic heterocycles. The van der Waals surface area contributed by atoms with E-state index >= 15 is 0 Å². The molecule has 4 rings (SSSR count). The molecule has 2 atom stereocenters. The first-order chi connectivity index (χ1) is 11.4. The molecular formula is C19H23ClN3O. The van der Waals surface area contributed by atoms with Crippen LogP contribution in [0.5, 0.6) is 0 Å². The zero-order valence-corrected chi connectivity index (χ0v) is 14.9. The predicted molar refractivity (Wildman–Crippen MR) is 94.9 cm³/mol. The van der Waals surface area contributed by atoms with Crippen LogP contribution in [-0.4, -0.2) is 26.0 Å². The van der Waals surface area contributed by atoms with Gasteiger partial charge in [0.1, 0.15) is 0 Å². The number of hydrogen-bond donors (Lipinski definition) is 1. The van der Waals surface area contributed by atoms with Crippen LogP contribution in [0.2, 0.25) is 5.02 Å². The van der Waals surface area contributed by atoms with E-state index < -0.39 is 0 Å². The molecule has 0 saturated heterocycles. The number of aliphatic hydroxyl groups excluding tert-OH is 1. The highest BCUT2D eigenvalue weighted by atomic mass is 35.5. The molecule has 1 fully saturated rings. The van der Waals surface area contributed by atoms with Gasteiger partial charge in [0.2, 0.25) is 0 Å². The Balaban J connectivity index is 1.69. The van der Waals surface area contributed by atoms with E-state index in [9.17, 15) is 5.11 Å². The minimum atomic E-state index is -0.269. The lowest BCUT2D eigenvalue weighted by Crippen LogP contribution is -2.18. The normalized spacial score (nSPS) is 25.7. The van der Waals surface area contributed by atoms with Crippen LogP contribution < -0.4 is 0 Å². The third-order valence-electron chi connectivity index (χ3n) is 5.26. The first kappa shape index (κ1) is 16.1. The molecule has 0 aromatic carbocycles. The van der Waals surface area contributed by atoms with Crippen molar-refractivity contribution in [1.29, 1.82) is 0 Å². The quantitative estimate of drug-likeness (QED) is 0.895. The summed E-state index contributed by atoms with van der Waals surface area (Å²) in [6.07, 6.45) is 9.08. The number of halogens is 1. The Hall–Kier alpha value is -1.39. The molecule has 1 radical (unpaired) electrons. The number of aliphatic hydroxyl groups is 1. The van der Waals surface area contributed by atoms with Crippen LogP contribution in [0.1, 0.15) is 50.4 Å². The summed E-state index contributed by atoms with van der Waals surface area (Å²) in [7, 11) is 0. The average Bonchev–Trinajstić information content (AvgIpc) is 3.04. The van der Waals surface area contributed by atoms with Gasteiger partial charge in [-0.05, 0) is 43.6 Å². The van der Waals surface area contributed by atoms with E-state index in [0.29, 0.717) is 10.9 Å². The Morgan fingerprint density at radius 3 is 2.83 bits per heavy atom. The highest BCUT2D eigenvalue weighted by Crippen LogP contribution is 2.40. The van der Waals surface area contributed by atoms with Gasteiger partial charge in [0.25, 0.3) is 0 Å². The second kappa shape index (κ2) is 5.85. The lowest BCUT2D eigenvalue weighted by atomic mass is 9.84. The molecule has 0 amide bonds. The summed E-state index contributed by atoms with van der Waals surface area (Å²) in [4.78, 5) is 4.56. The molecule has 3 heterocycles. The molecule has 24 heavy (non-hydrogen) atoms. The number of hydrogen-bond acceptors (Lipinski definition) is 3. The molecule has 0 spiro atoms. The van der Waals surface area contributed by atoms with Crippen molar-refractivity contribution in [3.63, 3.8) is 0 Å². The highest BCUT2D eigenvalue weighted by Gasteiger charge is 2.32. The summed E-state index contributed by atoms with van der Waals surface area (Å²) in [6.45, 7) is 5.50. The molecule has 0 bridgehead atoms. The summed E-state index contributed by atoms with van der Waals surface area (Å²) in [5, 5.41) is 14.9. The Morgan fingerprint density at radius 1 is 1.25 bits per heavy atom. The maximum absolute atomic E-state index is 9.67. The van der Waals surface area contributed by atoms with Crippen LogP contribution >= 0.6 is 11.6 Å². The van der Waals surface area contributed by atoms with Gasteiger partial charge in [0.15, 0.2) is 0 Å². The van der Waals surface area contributed by atoms with Gasteiger partial charge in [-0.1, -0.05) is 25.4 Å². The molecule has 2 aliphatic rings. The van der Waals surface area contributed by atoms with Gasteiger partial charge in [0, 0.05) is 41.2 Å². The Kier molecular flexibility index (Phi) is 3.92. The number of fused-ring (bicyclic) bond motifs is 1. The van der Waals surface area contributed by atoms with Crippen molar-refractivity contribution in [2.75, 3.05) is 0 Å². The smallest absolute Gasteiger partial charge is 0.0669 e. The Labute approximate surface area is 147 Å². The van der Waals surface area contributed by atoms with Crippen molar-refractivity contribution in [3.05, 3.63) is 41.3 Å². The van der Waals surface area contributed by atoms with Gasteiger partial charge >= 0.3 is 0 Å². The fraction of sp³-hybridized carbons (Fsp3) is 0.526. The fourth-order valence-electron chi connectivity index (χ4n) is 3.96. The predicted octanol–water partition coefficient (Wildman–Crippen LogP) is 4.01. The van der Waals surface area contributed by atoms with Crippen LogP contribution in [0.3, 0.4) is 0 Å². The Morgan fingerprint density at radius 2 is 2.08 bits per heavy atom. The minimum absolute atomic E-state index is 0.245. The summed E-state index contributed by atoms with van der Waals surface area (Å²) >= 11 is 6.48. The summed E-state index contributed by atoms with van der Waals surface area (Å²) < 4.78 is 2.11. The second-order valence-corrected chi connectivity index (χ2v) is 8.31. The molecule has 1 saturated carbocycles. The standard InChI is InChI=1S/C19H23ClN3O/c1-19(2)8-18-15(9-22-23(18)11-19)14-7-17(21-10-16(14)20)12-3-5-13(24)6-4-12/h5,7,9-10,12-13,24H,3-4,6,8,11H2,1-2H3/t12-,13-/m1/s1. The van der Waals surface area contributed by atoms with Crippen LogP contribution in [0, 0.1) is 11.8 Å². The number of nitrogens with zero attached hydrogens (tertiary/aromatic N) is 3. The topological polar surface area (TPSA) is 50.9 Å². The SMILES string of the molecule is CC1(C)Cc2c(-c3cc([C@@H]4C[CH][C@@H](O)CC4)ncc3Cl)cnn2C1. The van der Waals surface area contributed by atoms with Gasteiger partial charge in [-0.2, -0.15) is 5.10 Å². The van der Waals surface area contributed by atoms with Gasteiger partial charge in [-0.3, -0.25) is 9.67 Å². The zero-order chi connectivity index (χ0) is 16.9. The van der Waals surface area contributed by atoms with E-state index in [1.165, 1.54) is 5.69 Å². The van der Waals surface area contributed by atoms with Gasteiger partial charge < -0.3 is 5.11 Å². The molecule has 2 aromatic heterocycles. The zero-order valence-electron chi connectivity index (χ0n) is 14.2. The van der Waals surface area contributed by atoms with Crippen molar-refractivity contribution >= 4 is 11.6 Å².